The summed E-state index contributed by atoms with van der Waals surface area (Å²) in [7, 11) is -2.24. The number of benzene rings is 2. The van der Waals surface area contributed by atoms with Gasteiger partial charge in [-0.2, -0.15) is 8.42 Å². The van der Waals surface area contributed by atoms with Gasteiger partial charge in [-0.1, -0.05) is 45.4 Å². The lowest BCUT2D eigenvalue weighted by Gasteiger charge is -2.25. The quantitative estimate of drug-likeness (QED) is 0.413. The summed E-state index contributed by atoms with van der Waals surface area (Å²) in [5, 5.41) is 0. The number of amides is 1. The van der Waals surface area contributed by atoms with Crippen LogP contribution in [0.2, 0.25) is 0 Å². The molecular formula is C25H35NO5S. The third-order valence-electron chi connectivity index (χ3n) is 5.06. The molecule has 0 fully saturated rings. The lowest BCUT2D eigenvalue weighted by Crippen LogP contribution is -2.33. The summed E-state index contributed by atoms with van der Waals surface area (Å²) in [5.74, 6) is 0.531. The molecule has 0 bridgehead atoms. The highest BCUT2D eigenvalue weighted by Crippen LogP contribution is 2.30. The third-order valence-corrected chi connectivity index (χ3v) is 6.21. The molecule has 0 unspecified atom stereocenters. The number of hydrogen-bond donors (Lipinski definition) is 0. The molecule has 6 nitrogen and oxygen atoms in total. The van der Waals surface area contributed by atoms with Gasteiger partial charge in [-0.25, -0.2) is 0 Å². The third kappa shape index (κ3) is 7.55. The van der Waals surface area contributed by atoms with Crippen LogP contribution in [0, 0.1) is 5.92 Å². The molecular weight excluding hydrogens is 426 g/mol. The highest BCUT2D eigenvalue weighted by atomic mass is 32.2. The highest BCUT2D eigenvalue weighted by Gasteiger charge is 2.20. The summed E-state index contributed by atoms with van der Waals surface area (Å²) in [6.07, 6.45) is 3.27. The number of ether oxygens (including phenoxy) is 1. The van der Waals surface area contributed by atoms with E-state index in [1.54, 1.807) is 17.0 Å². The Balaban J connectivity index is 2.27. The first-order chi connectivity index (χ1) is 15.2. The number of hydrogen-bond acceptors (Lipinski definition) is 5. The van der Waals surface area contributed by atoms with Gasteiger partial charge in [-0.15, -0.1) is 0 Å². The van der Waals surface area contributed by atoms with Gasteiger partial charge in [0.15, 0.2) is 11.5 Å². The van der Waals surface area contributed by atoms with Gasteiger partial charge < -0.3 is 13.8 Å². The van der Waals surface area contributed by atoms with Crippen LogP contribution in [-0.4, -0.2) is 38.6 Å². The molecule has 0 heterocycles. The predicted molar refractivity (Wildman–Crippen MR) is 128 cm³/mol. The van der Waals surface area contributed by atoms with Crippen molar-refractivity contribution in [2.45, 2.75) is 53.5 Å². The molecule has 2 rings (SSSR count). The lowest BCUT2D eigenvalue weighted by molar-refractivity contribution is 0.0722. The van der Waals surface area contributed by atoms with Gasteiger partial charge in [-0.3, -0.25) is 4.79 Å². The molecule has 0 aliphatic carbocycles. The van der Waals surface area contributed by atoms with E-state index >= 15 is 0 Å². The first-order valence-electron chi connectivity index (χ1n) is 11.2. The van der Waals surface area contributed by atoms with E-state index in [1.165, 1.54) is 19.6 Å². The number of carbonyl (C=O) groups excluding carboxylic acids is 1. The van der Waals surface area contributed by atoms with Crippen LogP contribution in [-0.2, 0) is 23.1 Å². The second-order valence-corrected chi connectivity index (χ2v) is 10.2. The number of rotatable bonds is 12. The number of nitrogens with zero attached hydrogens (tertiary/aromatic N) is 1. The second kappa shape index (κ2) is 11.9. The fraction of sp³-hybridized carbons (Fsp3) is 0.480. The SMILES string of the molecule is CCCCc1ccc(C(=O)N(Cc2ccc(OC)c(OS(=O)(=O)CC)c2)CC(C)C)cc1. The number of aryl methyl sites for hydroxylation is 1. The topological polar surface area (TPSA) is 72.9 Å². The first kappa shape index (κ1) is 25.7. The molecule has 0 radical (unpaired) electrons. The van der Waals surface area contributed by atoms with Gasteiger partial charge in [0.25, 0.3) is 5.91 Å². The molecule has 0 aromatic heterocycles. The van der Waals surface area contributed by atoms with E-state index in [1.807, 2.05) is 30.3 Å². The summed E-state index contributed by atoms with van der Waals surface area (Å²) in [6, 6.07) is 12.9. The Bertz CT molecular complexity index is 984. The van der Waals surface area contributed by atoms with Crippen molar-refractivity contribution >= 4 is 16.0 Å². The average molecular weight is 462 g/mol. The normalized spacial score (nSPS) is 11.4. The molecule has 176 valence electrons. The van der Waals surface area contributed by atoms with E-state index in [-0.39, 0.29) is 23.3 Å². The Morgan fingerprint density at radius 2 is 1.66 bits per heavy atom. The summed E-state index contributed by atoms with van der Waals surface area (Å²) in [6.45, 7) is 8.71. The fourth-order valence-electron chi connectivity index (χ4n) is 3.34. The molecule has 0 N–H and O–H groups in total. The largest absolute Gasteiger partial charge is 0.493 e. The van der Waals surface area contributed by atoms with Gasteiger partial charge in [0.05, 0.1) is 12.9 Å². The van der Waals surface area contributed by atoms with Crippen LogP contribution in [0.15, 0.2) is 42.5 Å². The molecule has 0 spiro atoms. The van der Waals surface area contributed by atoms with Gasteiger partial charge >= 0.3 is 10.1 Å². The molecule has 0 atom stereocenters. The fourth-order valence-corrected chi connectivity index (χ4v) is 3.86. The zero-order chi connectivity index (χ0) is 23.7. The van der Waals surface area contributed by atoms with Crippen molar-refractivity contribution in [2.24, 2.45) is 5.92 Å². The Morgan fingerprint density at radius 3 is 2.22 bits per heavy atom. The van der Waals surface area contributed by atoms with Crippen molar-refractivity contribution in [1.29, 1.82) is 0 Å². The number of unbranched alkanes of at least 4 members (excludes halogenated alkanes) is 1. The van der Waals surface area contributed by atoms with E-state index < -0.39 is 10.1 Å². The maximum Gasteiger partial charge on any atom is 0.309 e. The van der Waals surface area contributed by atoms with E-state index in [0.29, 0.717) is 24.4 Å². The highest BCUT2D eigenvalue weighted by molar-refractivity contribution is 7.87. The first-order valence-corrected chi connectivity index (χ1v) is 12.7. The van der Waals surface area contributed by atoms with Crippen LogP contribution in [0.25, 0.3) is 0 Å². The minimum atomic E-state index is -3.70. The van der Waals surface area contributed by atoms with Gasteiger partial charge in [0.2, 0.25) is 0 Å². The molecule has 0 aliphatic rings. The van der Waals surface area contributed by atoms with Crippen LogP contribution in [0.5, 0.6) is 11.5 Å². The van der Waals surface area contributed by atoms with Crippen molar-refractivity contribution in [3.8, 4) is 11.5 Å². The van der Waals surface area contributed by atoms with Gasteiger partial charge in [-0.05, 0) is 61.1 Å². The van der Waals surface area contributed by atoms with Crippen LogP contribution in [0.3, 0.4) is 0 Å². The molecule has 32 heavy (non-hydrogen) atoms. The molecule has 0 saturated heterocycles. The Morgan fingerprint density at radius 1 is 1.00 bits per heavy atom. The Hall–Kier alpha value is -2.54. The molecule has 0 aliphatic heterocycles. The zero-order valence-corrected chi connectivity index (χ0v) is 20.6. The molecule has 2 aromatic rings. The van der Waals surface area contributed by atoms with E-state index in [9.17, 15) is 13.2 Å². The molecule has 1 amide bonds. The summed E-state index contributed by atoms with van der Waals surface area (Å²) in [5.41, 5.74) is 2.64. The van der Waals surface area contributed by atoms with Crippen molar-refractivity contribution < 1.29 is 22.1 Å². The minimum absolute atomic E-state index is 0.0554. The van der Waals surface area contributed by atoms with E-state index in [0.717, 1.165) is 24.8 Å². The smallest absolute Gasteiger partial charge is 0.309 e. The summed E-state index contributed by atoms with van der Waals surface area (Å²) in [4.78, 5) is 15.1. The molecule has 7 heteroatoms. The summed E-state index contributed by atoms with van der Waals surface area (Å²) < 4.78 is 34.4. The van der Waals surface area contributed by atoms with E-state index in [4.69, 9.17) is 8.92 Å². The lowest BCUT2D eigenvalue weighted by atomic mass is 10.0. The molecule has 2 aromatic carbocycles. The predicted octanol–water partition coefficient (Wildman–Crippen LogP) is 5.06. The molecule has 0 saturated carbocycles. The standard InChI is InChI=1S/C25H35NO5S/c1-6-8-9-20-10-13-22(14-11-20)25(27)26(17-19(3)4)18-21-12-15-23(30-5)24(16-21)31-32(28,29)7-2/h10-16,19H,6-9,17-18H2,1-5H3. The second-order valence-electron chi connectivity index (χ2n) is 8.29. The maximum absolute atomic E-state index is 13.3. The monoisotopic (exact) mass is 461 g/mol. The maximum atomic E-state index is 13.3. The van der Waals surface area contributed by atoms with Crippen LogP contribution < -0.4 is 8.92 Å². The van der Waals surface area contributed by atoms with Crippen molar-refractivity contribution in [2.75, 3.05) is 19.4 Å². The Labute approximate surface area is 192 Å². The van der Waals surface area contributed by atoms with Crippen molar-refractivity contribution in [1.82, 2.24) is 4.90 Å². The zero-order valence-electron chi connectivity index (χ0n) is 19.8. The van der Waals surface area contributed by atoms with Crippen LogP contribution in [0.1, 0.15) is 62.0 Å². The average Bonchev–Trinajstić information content (AvgIpc) is 2.77. The van der Waals surface area contributed by atoms with Crippen LogP contribution >= 0.6 is 0 Å². The van der Waals surface area contributed by atoms with E-state index in [2.05, 4.69) is 20.8 Å². The van der Waals surface area contributed by atoms with Crippen LogP contribution in [0.4, 0.5) is 0 Å². The summed E-state index contributed by atoms with van der Waals surface area (Å²) >= 11 is 0. The van der Waals surface area contributed by atoms with Crippen molar-refractivity contribution in [3.05, 3.63) is 59.2 Å². The number of methoxy groups -OCH3 is 1. The van der Waals surface area contributed by atoms with Gasteiger partial charge in [0.1, 0.15) is 0 Å². The Kier molecular flexibility index (Phi) is 9.57. The minimum Gasteiger partial charge on any atom is -0.493 e. The van der Waals surface area contributed by atoms with Gasteiger partial charge in [0, 0.05) is 18.7 Å². The number of carbonyl (C=O) groups is 1. The van der Waals surface area contributed by atoms with Crippen molar-refractivity contribution in [3.63, 3.8) is 0 Å².